The van der Waals surface area contributed by atoms with E-state index in [1.54, 1.807) is 78.9 Å². The number of pyridine rings is 1. The predicted molar refractivity (Wildman–Crippen MR) is 229 cm³/mol. The van der Waals surface area contributed by atoms with Gasteiger partial charge >= 0.3 is 0 Å². The number of carbonyl (C=O) groups excluding carboxylic acids is 1. The van der Waals surface area contributed by atoms with Gasteiger partial charge in [-0.2, -0.15) is 8.42 Å². The molecule has 23 heteroatoms. The van der Waals surface area contributed by atoms with Crippen molar-refractivity contribution in [2.45, 2.75) is 26.2 Å². The van der Waals surface area contributed by atoms with Gasteiger partial charge in [0.25, 0.3) is 15.7 Å². The number of aromatic amines is 1. The summed E-state index contributed by atoms with van der Waals surface area (Å²) in [6.45, 7) is -0.319. The monoisotopic (exact) mass is 948 g/mol. The molecule has 1 aliphatic rings. The second-order valence-electron chi connectivity index (χ2n) is 13.1. The van der Waals surface area contributed by atoms with Gasteiger partial charge in [0, 0.05) is 33.5 Å². The van der Waals surface area contributed by atoms with Gasteiger partial charge in [0.05, 0.1) is 78.8 Å². The van der Waals surface area contributed by atoms with Crippen molar-refractivity contribution >= 4 is 74.3 Å². The molecule has 6 N–H and O–H groups in total. The SMILES string of the molecule is O=C1c2ccccc2-c2c(COc3cccc(SOOO)c3)c(=O)[nH]c3c(Oc4ccc(Oc5ccccc5)cc4SOOO)cc(Nc4ccc(S(=O)(=O)O)cc4SOOO)c1c23. The van der Waals surface area contributed by atoms with E-state index < -0.39 is 26.4 Å². The average molecular weight is 949 g/mol. The van der Waals surface area contributed by atoms with E-state index in [1.165, 1.54) is 24.3 Å². The van der Waals surface area contributed by atoms with Gasteiger partial charge in [0.2, 0.25) is 0 Å². The molecule has 1 heterocycles. The minimum absolute atomic E-state index is 0.0303. The number of benzene rings is 6. The highest BCUT2D eigenvalue weighted by Gasteiger charge is 2.33. The zero-order valence-electron chi connectivity index (χ0n) is 32.0. The zero-order valence-corrected chi connectivity index (χ0v) is 35.2. The normalized spacial score (nSPS) is 12.0. The molecule has 0 spiro atoms. The number of H-pyrrole nitrogens is 1. The number of ether oxygens (including phenoxy) is 3. The summed E-state index contributed by atoms with van der Waals surface area (Å²) in [7, 11) is -4.72. The molecule has 0 unspecified atom stereocenters. The molecule has 0 radical (unpaired) electrons. The first-order valence-electron chi connectivity index (χ1n) is 18.1. The molecule has 19 nitrogen and oxygen atoms in total. The van der Waals surface area contributed by atoms with Crippen molar-refractivity contribution in [3.05, 3.63) is 148 Å². The van der Waals surface area contributed by atoms with Gasteiger partial charge in [0.1, 0.15) is 29.6 Å². The smallest absolute Gasteiger partial charge is 0.294 e. The highest BCUT2D eigenvalue weighted by molar-refractivity contribution is 7.95. The molecule has 6 aromatic carbocycles. The maximum absolute atomic E-state index is 14.8. The fourth-order valence-corrected chi connectivity index (χ4v) is 8.66. The summed E-state index contributed by atoms with van der Waals surface area (Å²) in [6, 6.07) is 31.5. The van der Waals surface area contributed by atoms with Crippen LogP contribution in [0.15, 0.2) is 146 Å². The molecule has 0 saturated carbocycles. The van der Waals surface area contributed by atoms with Gasteiger partial charge in [0.15, 0.2) is 11.5 Å². The molecule has 1 aliphatic carbocycles. The third kappa shape index (κ3) is 9.72. The second-order valence-corrected chi connectivity index (χ2v) is 16.7. The number of nitrogens with one attached hydrogen (secondary N) is 2. The summed E-state index contributed by atoms with van der Waals surface area (Å²) in [5.41, 5.74) is 0.706. The topological polar surface area (TPSA) is 260 Å². The van der Waals surface area contributed by atoms with E-state index in [9.17, 15) is 22.6 Å². The van der Waals surface area contributed by atoms with Crippen molar-refractivity contribution in [1.82, 2.24) is 4.98 Å². The Morgan fingerprint density at radius 3 is 2.06 bits per heavy atom. The lowest BCUT2D eigenvalue weighted by atomic mass is 9.81. The number of fused-ring (bicyclic) bond motifs is 2. The van der Waals surface area contributed by atoms with E-state index in [-0.39, 0.29) is 66.9 Å². The Bertz CT molecular complexity index is 3050. The number of anilines is 2. The molecule has 7 aromatic rings. The maximum atomic E-state index is 14.8. The second kappa shape index (κ2) is 19.8. The first kappa shape index (κ1) is 44.6. The van der Waals surface area contributed by atoms with Crippen LogP contribution < -0.4 is 25.1 Å². The summed E-state index contributed by atoms with van der Waals surface area (Å²) in [4.78, 5) is 32.2. The molecule has 328 valence electrons. The van der Waals surface area contributed by atoms with Crippen molar-refractivity contribution in [2.75, 3.05) is 5.32 Å². The van der Waals surface area contributed by atoms with Gasteiger partial charge in [-0.25, -0.2) is 15.8 Å². The average Bonchev–Trinajstić information content (AvgIpc) is 3.29. The van der Waals surface area contributed by atoms with Crippen LogP contribution in [0.25, 0.3) is 22.0 Å². The number of aromatic nitrogens is 1. The Kier molecular flexibility index (Phi) is 13.8. The van der Waals surface area contributed by atoms with E-state index in [2.05, 4.69) is 34.1 Å². The number of carbonyl (C=O) groups is 1. The molecule has 64 heavy (non-hydrogen) atoms. The third-order valence-corrected chi connectivity index (χ3v) is 12.0. The molecule has 0 aliphatic heterocycles. The van der Waals surface area contributed by atoms with Crippen molar-refractivity contribution < 1.29 is 75.9 Å². The largest absolute Gasteiger partial charge is 0.489 e. The van der Waals surface area contributed by atoms with Gasteiger partial charge in [-0.15, -0.1) is 13.0 Å². The molecular formula is C41H28N2O17S4. The lowest BCUT2D eigenvalue weighted by molar-refractivity contribution is -0.432. The molecule has 0 saturated heterocycles. The molecule has 1 aromatic heterocycles. The Balaban J connectivity index is 1.33. The van der Waals surface area contributed by atoms with Gasteiger partial charge in [-0.3, -0.25) is 14.1 Å². The molecule has 0 bridgehead atoms. The highest BCUT2D eigenvalue weighted by Crippen LogP contribution is 2.49. The number of ketones is 1. The van der Waals surface area contributed by atoms with E-state index in [1.807, 2.05) is 6.07 Å². The van der Waals surface area contributed by atoms with E-state index >= 15 is 0 Å². The summed E-state index contributed by atoms with van der Waals surface area (Å²) >= 11 is 1.64. The lowest BCUT2D eigenvalue weighted by Crippen LogP contribution is -2.22. The van der Waals surface area contributed by atoms with Crippen molar-refractivity contribution in [3.63, 3.8) is 0 Å². The van der Waals surface area contributed by atoms with Crippen LogP contribution in [0, 0.1) is 0 Å². The summed E-state index contributed by atoms with van der Waals surface area (Å²) in [5.74, 6) is 0.747. The van der Waals surface area contributed by atoms with Crippen LogP contribution in [0.1, 0.15) is 21.5 Å². The van der Waals surface area contributed by atoms with Crippen LogP contribution in [-0.2, 0) is 44.8 Å². The summed E-state index contributed by atoms with van der Waals surface area (Å²) in [5, 5.41) is 41.4. The number of rotatable bonds is 19. The highest BCUT2D eigenvalue weighted by atomic mass is 32.2. The van der Waals surface area contributed by atoms with Crippen LogP contribution in [0.4, 0.5) is 11.4 Å². The Hall–Kier alpha value is -6.00. The standard InChI is InChI=1S/C41H28N2O17S4/c44-40-28-12-5-4-11-27(28)36-29(21-52-23-9-6-10-25(17-23)61-58-55-46)41(45)43-39-33(54-32-16-13-24(18-35(32)63-60-57-48)53-22-7-2-1-3-8-22)20-31(37(40)38(36)39)42-30-15-14-26(64(49,50)51)19-34(30)62-59-56-47/h1-20,42,46-48H,21H2,(H,43,45)(H,49,50,51). The fraction of sp³-hybridized carbons (Fsp3) is 0.0244. The van der Waals surface area contributed by atoms with E-state index in [4.69, 9.17) is 34.3 Å². The Morgan fingerprint density at radius 2 is 1.31 bits per heavy atom. The fourth-order valence-electron chi connectivity index (χ4n) is 6.72. The van der Waals surface area contributed by atoms with Gasteiger partial charge in [-0.1, -0.05) is 63.6 Å². The zero-order chi connectivity index (χ0) is 44.8. The summed E-state index contributed by atoms with van der Waals surface area (Å²) in [6.07, 6.45) is 0. The van der Waals surface area contributed by atoms with Gasteiger partial charge in [-0.05, 0) is 66.2 Å². The quantitative estimate of drug-likeness (QED) is 0.0191. The van der Waals surface area contributed by atoms with Crippen LogP contribution >= 0.6 is 36.1 Å². The number of hydrogen-bond donors (Lipinski definition) is 6. The van der Waals surface area contributed by atoms with Gasteiger partial charge < -0.3 is 24.5 Å². The first-order valence-corrected chi connectivity index (χ1v) is 21.7. The first-order chi connectivity index (χ1) is 31.1. The predicted octanol–water partition coefficient (Wildman–Crippen LogP) is 10.2. The van der Waals surface area contributed by atoms with Crippen molar-refractivity contribution in [3.8, 4) is 39.9 Å². The van der Waals surface area contributed by atoms with Crippen molar-refractivity contribution in [2.24, 2.45) is 0 Å². The van der Waals surface area contributed by atoms with Crippen LogP contribution in [0.5, 0.6) is 28.7 Å². The lowest BCUT2D eigenvalue weighted by Gasteiger charge is -2.26. The molecule has 8 rings (SSSR count). The summed E-state index contributed by atoms with van der Waals surface area (Å²) < 4.78 is 66.7. The molecule has 0 fully saturated rings. The minimum Gasteiger partial charge on any atom is -0.489 e. The minimum atomic E-state index is -4.72. The Morgan fingerprint density at radius 1 is 0.609 bits per heavy atom. The molecule has 0 atom stereocenters. The third-order valence-electron chi connectivity index (χ3n) is 9.32. The van der Waals surface area contributed by atoms with E-state index in [0.29, 0.717) is 69.4 Å². The van der Waals surface area contributed by atoms with Crippen LogP contribution in [-0.4, -0.2) is 39.5 Å². The van der Waals surface area contributed by atoms with Crippen LogP contribution in [0.3, 0.4) is 0 Å². The molecular weight excluding hydrogens is 921 g/mol. The number of hydrogen-bond acceptors (Lipinski definition) is 20. The van der Waals surface area contributed by atoms with E-state index in [0.717, 1.165) is 12.1 Å². The van der Waals surface area contributed by atoms with Crippen molar-refractivity contribution in [1.29, 1.82) is 0 Å². The number of para-hydroxylation sites is 1. The Labute approximate surface area is 373 Å². The maximum Gasteiger partial charge on any atom is 0.294 e. The van der Waals surface area contributed by atoms with Crippen LogP contribution in [0.2, 0.25) is 0 Å². The molecule has 0 amide bonds.